The highest BCUT2D eigenvalue weighted by atomic mass is 32.1. The molecule has 0 aliphatic rings. The number of hydrogen-bond acceptors (Lipinski definition) is 3. The monoisotopic (exact) mass is 346 g/mol. The Balaban J connectivity index is 2.60. The predicted octanol–water partition coefficient (Wildman–Crippen LogP) is 4.80. The molecule has 1 aromatic heterocycles. The highest BCUT2D eigenvalue weighted by Gasteiger charge is 2.34. The van der Waals surface area contributed by atoms with Crippen LogP contribution in [0.15, 0.2) is 12.1 Å². The molecular formula is C15H14F4N2OS. The minimum absolute atomic E-state index is 0.0464. The molecule has 0 unspecified atom stereocenters. The van der Waals surface area contributed by atoms with Crippen LogP contribution in [0.1, 0.15) is 29.9 Å². The largest absolute Gasteiger partial charge is 0.416 e. The molecule has 0 bridgehead atoms. The van der Waals surface area contributed by atoms with Crippen molar-refractivity contribution in [3.63, 3.8) is 0 Å². The Kier molecular flexibility index (Phi) is 4.74. The van der Waals surface area contributed by atoms with Crippen LogP contribution in [0.5, 0.6) is 0 Å². The molecule has 3 nitrogen and oxygen atoms in total. The number of benzene rings is 1. The predicted molar refractivity (Wildman–Crippen MR) is 80.9 cm³/mol. The number of aromatic nitrogens is 1. The number of rotatable bonds is 3. The molecule has 0 fully saturated rings. The van der Waals surface area contributed by atoms with E-state index >= 15 is 0 Å². The van der Waals surface area contributed by atoms with E-state index in [2.05, 4.69) is 10.3 Å². The molecule has 0 atom stereocenters. The van der Waals surface area contributed by atoms with Gasteiger partial charge in [0.2, 0.25) is 5.91 Å². The first-order chi connectivity index (χ1) is 10.6. The third-order valence-corrected chi connectivity index (χ3v) is 4.34. The minimum Gasteiger partial charge on any atom is -0.302 e. The minimum atomic E-state index is -4.65. The maximum Gasteiger partial charge on any atom is 0.416 e. The summed E-state index contributed by atoms with van der Waals surface area (Å²) in [6, 6.07) is 1.93. The van der Waals surface area contributed by atoms with Gasteiger partial charge in [-0.2, -0.15) is 13.2 Å². The lowest BCUT2D eigenvalue weighted by Gasteiger charge is -2.13. The third-order valence-electron chi connectivity index (χ3n) is 3.22. The van der Waals surface area contributed by atoms with Gasteiger partial charge in [-0.15, -0.1) is 11.3 Å². The summed E-state index contributed by atoms with van der Waals surface area (Å²) in [5.74, 6) is -1.27. The summed E-state index contributed by atoms with van der Waals surface area (Å²) in [5, 5.41) is 2.77. The van der Waals surface area contributed by atoms with Crippen LogP contribution in [0, 0.1) is 12.7 Å². The maximum atomic E-state index is 13.9. The zero-order chi connectivity index (χ0) is 17.4. The number of nitrogens with zero attached hydrogens (tertiary/aromatic N) is 1. The number of carbonyl (C=O) groups excluding carboxylic acids is 1. The first kappa shape index (κ1) is 17.4. The van der Waals surface area contributed by atoms with Crippen molar-refractivity contribution < 1.29 is 22.4 Å². The van der Waals surface area contributed by atoms with Crippen molar-refractivity contribution in [2.45, 2.75) is 33.4 Å². The average molecular weight is 346 g/mol. The molecule has 0 spiro atoms. The van der Waals surface area contributed by atoms with Crippen molar-refractivity contribution in [2.24, 2.45) is 0 Å². The zero-order valence-corrected chi connectivity index (χ0v) is 13.5. The number of aryl methyl sites for hydroxylation is 1. The summed E-state index contributed by atoms with van der Waals surface area (Å²) in [4.78, 5) is 15.9. The molecule has 0 saturated carbocycles. The summed E-state index contributed by atoms with van der Waals surface area (Å²) in [6.45, 7) is 4.20. The first-order valence-corrected chi connectivity index (χ1v) is 7.60. The Morgan fingerprint density at radius 2 is 2.00 bits per heavy atom. The first-order valence-electron chi connectivity index (χ1n) is 6.78. The third kappa shape index (κ3) is 3.69. The van der Waals surface area contributed by atoms with Crippen LogP contribution in [0.25, 0.3) is 11.3 Å². The number of halogens is 4. The second kappa shape index (κ2) is 6.27. The second-order valence-electron chi connectivity index (χ2n) is 4.95. The van der Waals surface area contributed by atoms with Crippen molar-refractivity contribution >= 4 is 22.4 Å². The van der Waals surface area contributed by atoms with Gasteiger partial charge in [0.1, 0.15) is 5.82 Å². The number of carbonyl (C=O) groups is 1. The molecule has 1 aromatic carbocycles. The molecular weight excluding hydrogens is 332 g/mol. The summed E-state index contributed by atoms with van der Waals surface area (Å²) >= 11 is 1.16. The van der Waals surface area contributed by atoms with Gasteiger partial charge in [-0.1, -0.05) is 6.92 Å². The molecule has 8 heteroatoms. The van der Waals surface area contributed by atoms with Gasteiger partial charge in [0.25, 0.3) is 0 Å². The Labute approximate surface area is 134 Å². The van der Waals surface area contributed by atoms with Gasteiger partial charge in [0, 0.05) is 17.4 Å². The second-order valence-corrected chi connectivity index (χ2v) is 6.04. The highest BCUT2D eigenvalue weighted by Crippen LogP contribution is 2.38. The van der Waals surface area contributed by atoms with Gasteiger partial charge in [-0.3, -0.25) is 4.79 Å². The van der Waals surface area contributed by atoms with Crippen molar-refractivity contribution in [1.29, 1.82) is 0 Å². The van der Waals surface area contributed by atoms with Gasteiger partial charge in [-0.05, 0) is 31.0 Å². The van der Waals surface area contributed by atoms with E-state index in [1.807, 2.05) is 6.92 Å². The van der Waals surface area contributed by atoms with Gasteiger partial charge in [0.05, 0.1) is 11.3 Å². The number of nitrogens with one attached hydrogen (secondary N) is 1. The molecule has 124 valence electrons. The summed E-state index contributed by atoms with van der Waals surface area (Å²) < 4.78 is 53.0. The maximum absolute atomic E-state index is 13.9. The smallest absolute Gasteiger partial charge is 0.302 e. The van der Waals surface area contributed by atoms with Gasteiger partial charge in [0.15, 0.2) is 5.13 Å². The Morgan fingerprint density at radius 3 is 2.52 bits per heavy atom. The van der Waals surface area contributed by atoms with E-state index in [0.29, 0.717) is 11.3 Å². The van der Waals surface area contributed by atoms with Gasteiger partial charge < -0.3 is 5.32 Å². The number of thiazole rings is 1. The van der Waals surface area contributed by atoms with Crippen LogP contribution in [0.4, 0.5) is 22.7 Å². The lowest BCUT2D eigenvalue weighted by Crippen LogP contribution is -2.09. The van der Waals surface area contributed by atoms with Crippen LogP contribution in [-0.4, -0.2) is 10.9 Å². The highest BCUT2D eigenvalue weighted by molar-refractivity contribution is 7.16. The van der Waals surface area contributed by atoms with Crippen LogP contribution in [0.2, 0.25) is 0 Å². The van der Waals surface area contributed by atoms with Crippen molar-refractivity contribution in [3.05, 3.63) is 34.0 Å². The molecule has 0 aliphatic heterocycles. The van der Waals surface area contributed by atoms with E-state index in [9.17, 15) is 22.4 Å². The molecule has 1 heterocycles. The fourth-order valence-electron chi connectivity index (χ4n) is 2.13. The fraction of sp³-hybridized carbons (Fsp3) is 0.333. The number of alkyl halides is 3. The molecule has 0 saturated heterocycles. The van der Waals surface area contributed by atoms with Crippen LogP contribution >= 0.6 is 11.3 Å². The summed E-state index contributed by atoms with van der Waals surface area (Å²) in [5.41, 5.74) is -1.17. The fourth-order valence-corrected chi connectivity index (χ4v) is 3.10. The molecule has 23 heavy (non-hydrogen) atoms. The number of amides is 1. The molecule has 0 aliphatic carbocycles. The van der Waals surface area contributed by atoms with Gasteiger partial charge >= 0.3 is 6.18 Å². The van der Waals surface area contributed by atoms with Gasteiger partial charge in [-0.25, -0.2) is 9.37 Å². The molecule has 0 radical (unpaired) electrons. The topological polar surface area (TPSA) is 42.0 Å². The lowest BCUT2D eigenvalue weighted by atomic mass is 10.0. The van der Waals surface area contributed by atoms with Crippen molar-refractivity contribution in [3.8, 4) is 11.3 Å². The standard InChI is InChI=1S/C15H14F4N2OS/c1-4-12-13(21-14(23-12)20-8(3)22)9-5-10(15(17,18)19)7(2)11(16)6-9/h5-6H,4H2,1-3H3,(H,20,21,22). The van der Waals surface area contributed by atoms with E-state index in [1.54, 1.807) is 0 Å². The Bertz CT molecular complexity index is 753. The SMILES string of the molecule is CCc1sc(NC(C)=O)nc1-c1cc(F)c(C)c(C(F)(F)F)c1. The molecule has 1 N–H and O–H groups in total. The number of hydrogen-bond donors (Lipinski definition) is 1. The summed E-state index contributed by atoms with van der Waals surface area (Å²) in [6.07, 6.45) is -4.15. The summed E-state index contributed by atoms with van der Waals surface area (Å²) in [7, 11) is 0. The Hall–Kier alpha value is -1.96. The Morgan fingerprint density at radius 1 is 1.35 bits per heavy atom. The molecule has 2 rings (SSSR count). The normalized spacial score (nSPS) is 11.6. The van der Waals surface area contributed by atoms with E-state index in [0.717, 1.165) is 30.4 Å². The zero-order valence-electron chi connectivity index (χ0n) is 12.6. The van der Waals surface area contributed by atoms with Crippen LogP contribution < -0.4 is 5.32 Å². The van der Waals surface area contributed by atoms with E-state index < -0.39 is 23.1 Å². The van der Waals surface area contributed by atoms with E-state index in [-0.39, 0.29) is 22.3 Å². The van der Waals surface area contributed by atoms with Crippen molar-refractivity contribution in [1.82, 2.24) is 4.98 Å². The van der Waals surface area contributed by atoms with E-state index in [1.165, 1.54) is 6.92 Å². The van der Waals surface area contributed by atoms with E-state index in [4.69, 9.17) is 0 Å². The average Bonchev–Trinajstić information content (AvgIpc) is 2.82. The lowest BCUT2D eigenvalue weighted by molar-refractivity contribution is -0.138. The number of anilines is 1. The van der Waals surface area contributed by atoms with Crippen LogP contribution in [0.3, 0.4) is 0 Å². The molecule has 1 amide bonds. The van der Waals surface area contributed by atoms with Crippen LogP contribution in [-0.2, 0) is 17.4 Å². The molecule has 2 aromatic rings. The quantitative estimate of drug-likeness (QED) is 0.812. The van der Waals surface area contributed by atoms with Crippen molar-refractivity contribution in [2.75, 3.05) is 5.32 Å².